The summed E-state index contributed by atoms with van der Waals surface area (Å²) in [6, 6.07) is 15.5. The Bertz CT molecular complexity index is 542. The zero-order chi connectivity index (χ0) is 14.4. The maximum atomic E-state index is 13.2. The first kappa shape index (κ1) is 15.0. The molecule has 2 aromatic rings. The van der Waals surface area contributed by atoms with Gasteiger partial charge in [-0.1, -0.05) is 54.9 Å². The van der Waals surface area contributed by atoms with Gasteiger partial charge in [0.15, 0.2) is 0 Å². The zero-order valence-corrected chi connectivity index (χ0v) is 12.3. The van der Waals surface area contributed by atoms with E-state index in [4.69, 9.17) is 11.6 Å². The molecule has 0 aromatic heterocycles. The highest BCUT2D eigenvalue weighted by molar-refractivity contribution is 6.30. The van der Waals surface area contributed by atoms with Crippen molar-refractivity contribution >= 4 is 11.6 Å². The Balaban J connectivity index is 2.08. The van der Waals surface area contributed by atoms with E-state index < -0.39 is 0 Å². The van der Waals surface area contributed by atoms with Crippen LogP contribution in [0.3, 0.4) is 0 Å². The second kappa shape index (κ2) is 7.41. The first-order chi connectivity index (χ1) is 9.70. The second-order valence-electron chi connectivity index (χ2n) is 4.81. The minimum absolute atomic E-state index is 0.185. The molecule has 0 aliphatic carbocycles. The van der Waals surface area contributed by atoms with Gasteiger partial charge in [-0.05, 0) is 42.6 Å². The summed E-state index contributed by atoms with van der Waals surface area (Å²) >= 11 is 5.87. The van der Waals surface area contributed by atoms with Crippen molar-refractivity contribution < 1.29 is 4.39 Å². The van der Waals surface area contributed by atoms with Crippen molar-refractivity contribution in [3.05, 3.63) is 70.5 Å². The summed E-state index contributed by atoms with van der Waals surface area (Å²) in [6.07, 6.45) is 1.94. The van der Waals surface area contributed by atoms with Gasteiger partial charge in [0, 0.05) is 6.04 Å². The van der Waals surface area contributed by atoms with Crippen LogP contribution in [-0.4, -0.2) is 6.54 Å². The third-order valence-electron chi connectivity index (χ3n) is 3.36. The molecule has 0 amide bonds. The molecule has 2 aromatic carbocycles. The summed E-state index contributed by atoms with van der Waals surface area (Å²) in [5.41, 5.74) is 2.35. The van der Waals surface area contributed by atoms with E-state index in [1.54, 1.807) is 12.1 Å². The average Bonchev–Trinajstić information content (AvgIpc) is 2.47. The molecule has 1 nitrogen and oxygen atoms in total. The number of aryl methyl sites for hydroxylation is 1. The van der Waals surface area contributed by atoms with E-state index >= 15 is 0 Å². The summed E-state index contributed by atoms with van der Waals surface area (Å²) in [5, 5.41) is 3.62. The number of nitrogens with one attached hydrogen (secondary N) is 1. The third kappa shape index (κ3) is 4.06. The van der Waals surface area contributed by atoms with Crippen LogP contribution in [0.5, 0.6) is 0 Å². The molecule has 0 heterocycles. The van der Waals surface area contributed by atoms with Gasteiger partial charge in [-0.3, -0.25) is 0 Å². The van der Waals surface area contributed by atoms with Gasteiger partial charge in [-0.25, -0.2) is 4.39 Å². The average molecular weight is 292 g/mol. The standard InChI is InChI=1S/C17H19ClFN/c1-2-20-17(11-8-13-6-4-3-5-7-13)14-9-10-16(19)15(18)12-14/h3-7,9-10,12,17,20H,2,8,11H2,1H3. The van der Waals surface area contributed by atoms with Gasteiger partial charge in [0.1, 0.15) is 5.82 Å². The van der Waals surface area contributed by atoms with Gasteiger partial charge < -0.3 is 5.32 Å². The van der Waals surface area contributed by atoms with E-state index in [0.717, 1.165) is 24.9 Å². The molecule has 106 valence electrons. The summed E-state index contributed by atoms with van der Waals surface area (Å²) in [6.45, 7) is 2.94. The molecule has 20 heavy (non-hydrogen) atoms. The second-order valence-corrected chi connectivity index (χ2v) is 5.22. The van der Waals surface area contributed by atoms with Crippen LogP contribution in [0.1, 0.15) is 30.5 Å². The van der Waals surface area contributed by atoms with Gasteiger partial charge in [0.2, 0.25) is 0 Å². The fourth-order valence-electron chi connectivity index (χ4n) is 2.32. The van der Waals surface area contributed by atoms with Crippen LogP contribution in [0.2, 0.25) is 5.02 Å². The van der Waals surface area contributed by atoms with Crippen molar-refractivity contribution in [1.82, 2.24) is 5.32 Å². The normalized spacial score (nSPS) is 12.3. The molecule has 0 bridgehead atoms. The molecule has 0 aliphatic heterocycles. The van der Waals surface area contributed by atoms with Crippen molar-refractivity contribution in [2.75, 3.05) is 6.54 Å². The van der Waals surface area contributed by atoms with E-state index in [0.29, 0.717) is 0 Å². The van der Waals surface area contributed by atoms with Crippen molar-refractivity contribution in [3.63, 3.8) is 0 Å². The fourth-order valence-corrected chi connectivity index (χ4v) is 2.51. The Labute approximate surface area is 124 Å². The lowest BCUT2D eigenvalue weighted by atomic mass is 9.99. The van der Waals surface area contributed by atoms with Crippen LogP contribution in [0.15, 0.2) is 48.5 Å². The highest BCUT2D eigenvalue weighted by atomic mass is 35.5. The summed E-state index contributed by atoms with van der Waals surface area (Å²) in [5.74, 6) is -0.367. The SMILES string of the molecule is CCNC(CCc1ccccc1)c1ccc(F)c(Cl)c1. The third-order valence-corrected chi connectivity index (χ3v) is 3.65. The molecule has 2 rings (SSSR count). The summed E-state index contributed by atoms with van der Waals surface area (Å²) < 4.78 is 13.2. The number of hydrogen-bond acceptors (Lipinski definition) is 1. The van der Waals surface area contributed by atoms with Crippen LogP contribution in [0.4, 0.5) is 4.39 Å². The molecule has 1 unspecified atom stereocenters. The van der Waals surface area contributed by atoms with Crippen molar-refractivity contribution in [1.29, 1.82) is 0 Å². The fraction of sp³-hybridized carbons (Fsp3) is 0.294. The van der Waals surface area contributed by atoms with Gasteiger partial charge in [0.25, 0.3) is 0 Å². The van der Waals surface area contributed by atoms with E-state index in [-0.39, 0.29) is 16.9 Å². The van der Waals surface area contributed by atoms with Crippen molar-refractivity contribution in [3.8, 4) is 0 Å². The van der Waals surface area contributed by atoms with Crippen LogP contribution >= 0.6 is 11.6 Å². The Morgan fingerprint density at radius 1 is 1.15 bits per heavy atom. The predicted octanol–water partition coefficient (Wildman–Crippen LogP) is 4.76. The van der Waals surface area contributed by atoms with E-state index in [1.807, 2.05) is 18.2 Å². The minimum atomic E-state index is -0.367. The lowest BCUT2D eigenvalue weighted by Gasteiger charge is -2.19. The summed E-state index contributed by atoms with van der Waals surface area (Å²) in [4.78, 5) is 0. The molecule has 0 saturated heterocycles. The van der Waals surface area contributed by atoms with Gasteiger partial charge >= 0.3 is 0 Å². The maximum Gasteiger partial charge on any atom is 0.141 e. The van der Waals surface area contributed by atoms with Crippen LogP contribution < -0.4 is 5.32 Å². The maximum absolute atomic E-state index is 13.2. The molecule has 0 fully saturated rings. The lowest BCUT2D eigenvalue weighted by molar-refractivity contribution is 0.514. The van der Waals surface area contributed by atoms with Crippen molar-refractivity contribution in [2.24, 2.45) is 0 Å². The Morgan fingerprint density at radius 3 is 2.55 bits per heavy atom. The molecule has 0 radical (unpaired) electrons. The van der Waals surface area contributed by atoms with E-state index in [1.165, 1.54) is 11.6 Å². The van der Waals surface area contributed by atoms with E-state index in [2.05, 4.69) is 24.4 Å². The van der Waals surface area contributed by atoms with Crippen LogP contribution in [0.25, 0.3) is 0 Å². The molecule has 0 aliphatic rings. The summed E-state index contributed by atoms with van der Waals surface area (Å²) in [7, 11) is 0. The van der Waals surface area contributed by atoms with Crippen molar-refractivity contribution in [2.45, 2.75) is 25.8 Å². The lowest BCUT2D eigenvalue weighted by Crippen LogP contribution is -2.21. The number of halogens is 2. The molecule has 0 saturated carbocycles. The highest BCUT2D eigenvalue weighted by Crippen LogP contribution is 2.24. The molecule has 0 spiro atoms. The Hall–Kier alpha value is -1.38. The predicted molar refractivity (Wildman–Crippen MR) is 82.6 cm³/mol. The van der Waals surface area contributed by atoms with Crippen LogP contribution in [-0.2, 0) is 6.42 Å². The number of hydrogen-bond donors (Lipinski definition) is 1. The van der Waals surface area contributed by atoms with Gasteiger partial charge in [-0.15, -0.1) is 0 Å². The molecular formula is C17H19ClFN. The molecule has 3 heteroatoms. The monoisotopic (exact) mass is 291 g/mol. The Morgan fingerprint density at radius 2 is 1.90 bits per heavy atom. The van der Waals surface area contributed by atoms with E-state index in [9.17, 15) is 4.39 Å². The zero-order valence-electron chi connectivity index (χ0n) is 11.6. The first-order valence-electron chi connectivity index (χ1n) is 6.93. The topological polar surface area (TPSA) is 12.0 Å². The quantitative estimate of drug-likeness (QED) is 0.809. The smallest absolute Gasteiger partial charge is 0.141 e. The number of benzene rings is 2. The number of rotatable bonds is 6. The van der Waals surface area contributed by atoms with Gasteiger partial charge in [0.05, 0.1) is 5.02 Å². The van der Waals surface area contributed by atoms with Crippen LogP contribution in [0, 0.1) is 5.82 Å². The first-order valence-corrected chi connectivity index (χ1v) is 7.30. The Kier molecular flexibility index (Phi) is 5.57. The minimum Gasteiger partial charge on any atom is -0.310 e. The molecular weight excluding hydrogens is 273 g/mol. The molecule has 1 atom stereocenters. The molecule has 1 N–H and O–H groups in total. The highest BCUT2D eigenvalue weighted by Gasteiger charge is 2.12. The largest absolute Gasteiger partial charge is 0.310 e. The van der Waals surface area contributed by atoms with Gasteiger partial charge in [-0.2, -0.15) is 0 Å².